The molecule has 1 amide bonds. The van der Waals surface area contributed by atoms with E-state index in [4.69, 9.17) is 26.5 Å². The zero-order valence-corrected chi connectivity index (χ0v) is 18.6. The summed E-state index contributed by atoms with van der Waals surface area (Å²) in [5, 5.41) is 22.3. The molecule has 11 heteroatoms. The van der Waals surface area contributed by atoms with Crippen LogP contribution in [-0.4, -0.2) is 19.5 Å². The van der Waals surface area contributed by atoms with Crippen LogP contribution >= 0.6 is 22.9 Å². The van der Waals surface area contributed by atoms with Gasteiger partial charge in [0.25, 0.3) is 5.91 Å². The largest absolute Gasteiger partial charge is 0.354 e. The number of thiophene rings is 1. The number of nitriles is 1. The van der Waals surface area contributed by atoms with Gasteiger partial charge >= 0.3 is 0 Å². The first-order valence-corrected chi connectivity index (χ1v) is 11.4. The van der Waals surface area contributed by atoms with Crippen LogP contribution in [0.25, 0.3) is 11.3 Å². The number of carbonyl (C=O) groups is 1. The van der Waals surface area contributed by atoms with Gasteiger partial charge in [-0.05, 0) is 37.5 Å². The molecule has 0 saturated heterocycles. The molecule has 3 N–H and O–H groups in total. The molecule has 3 rings (SSSR count). The minimum atomic E-state index is -4.28. The van der Waals surface area contributed by atoms with Gasteiger partial charge in [-0.15, -0.1) is 11.3 Å². The molecule has 0 aliphatic rings. The van der Waals surface area contributed by atoms with Crippen LogP contribution in [0.4, 0.5) is 5.69 Å². The van der Waals surface area contributed by atoms with Crippen LogP contribution in [0, 0.1) is 32.1 Å². The number of amides is 1. The average molecular weight is 465 g/mol. The highest BCUT2D eigenvalue weighted by molar-refractivity contribution is 7.89. The van der Waals surface area contributed by atoms with Crippen LogP contribution in [0.5, 0.6) is 0 Å². The Morgan fingerprint density at radius 3 is 2.47 bits per heavy atom. The van der Waals surface area contributed by atoms with E-state index in [1.165, 1.54) is 5.38 Å². The van der Waals surface area contributed by atoms with Crippen molar-refractivity contribution in [2.45, 2.75) is 32.1 Å². The predicted molar refractivity (Wildman–Crippen MR) is 114 cm³/mol. The number of nitrogens with one attached hydrogen (secondary N) is 1. The molecule has 8 nitrogen and oxygen atoms in total. The van der Waals surface area contributed by atoms with Crippen molar-refractivity contribution < 1.29 is 17.7 Å². The van der Waals surface area contributed by atoms with Crippen LogP contribution in [0.3, 0.4) is 0 Å². The van der Waals surface area contributed by atoms with Gasteiger partial charge in [0.15, 0.2) is 5.76 Å². The highest BCUT2D eigenvalue weighted by Gasteiger charge is 2.30. The lowest BCUT2D eigenvalue weighted by Gasteiger charge is -2.13. The number of primary sulfonamides is 1. The van der Waals surface area contributed by atoms with Crippen molar-refractivity contribution in [3.8, 4) is 17.4 Å². The van der Waals surface area contributed by atoms with Crippen molar-refractivity contribution in [2.24, 2.45) is 5.14 Å². The first-order chi connectivity index (χ1) is 14.0. The zero-order chi connectivity index (χ0) is 22.2. The predicted octanol–water partition coefficient (Wildman–Crippen LogP) is 3.95. The zero-order valence-electron chi connectivity index (χ0n) is 16.2. The maximum absolute atomic E-state index is 13.0. The lowest BCUT2D eigenvalue weighted by molar-refractivity contribution is 0.102. The summed E-state index contributed by atoms with van der Waals surface area (Å²) >= 11 is 7.06. The molecule has 0 fully saturated rings. The van der Waals surface area contributed by atoms with E-state index in [2.05, 4.69) is 16.5 Å². The summed E-state index contributed by atoms with van der Waals surface area (Å²) in [6.45, 7) is 5.19. The van der Waals surface area contributed by atoms with Crippen molar-refractivity contribution in [3.05, 3.63) is 49.8 Å². The molecule has 0 radical (unpaired) electrons. The number of rotatable bonds is 5. The molecule has 0 spiro atoms. The maximum Gasteiger partial charge on any atom is 0.267 e. The summed E-state index contributed by atoms with van der Waals surface area (Å²) in [7, 11) is -4.28. The fraction of sp³-hybridized carbons (Fsp3) is 0.211. The first kappa shape index (κ1) is 22.0. The van der Waals surface area contributed by atoms with E-state index >= 15 is 0 Å². The Balaban J connectivity index is 2.06. The van der Waals surface area contributed by atoms with Gasteiger partial charge in [0.2, 0.25) is 10.0 Å². The van der Waals surface area contributed by atoms with Crippen LogP contribution in [0.1, 0.15) is 32.1 Å². The van der Waals surface area contributed by atoms with Gasteiger partial charge < -0.3 is 9.84 Å². The molecule has 0 unspecified atom stereocenters. The second kappa shape index (κ2) is 8.20. The highest BCUT2D eigenvalue weighted by atomic mass is 35.5. The number of anilines is 1. The highest BCUT2D eigenvalue weighted by Crippen LogP contribution is 2.39. The quantitative estimate of drug-likeness (QED) is 0.586. The molecule has 0 bridgehead atoms. The number of hydrogen-bond donors (Lipinski definition) is 2. The van der Waals surface area contributed by atoms with Crippen molar-refractivity contribution in [1.29, 1.82) is 5.26 Å². The Morgan fingerprint density at radius 2 is 1.97 bits per heavy atom. The molecule has 1 aromatic carbocycles. The SMILES string of the molecule is Cc1cc(CC#N)cc(C)c1NC(=O)c1scc(-c2onc(C)c2Cl)c1S(N)(=O)=O. The summed E-state index contributed by atoms with van der Waals surface area (Å²) in [6, 6.07) is 5.67. The normalized spacial score (nSPS) is 11.3. The topological polar surface area (TPSA) is 139 Å². The lowest BCUT2D eigenvalue weighted by atomic mass is 10.0. The fourth-order valence-electron chi connectivity index (χ4n) is 3.08. The van der Waals surface area contributed by atoms with Crippen molar-refractivity contribution in [2.75, 3.05) is 5.32 Å². The van der Waals surface area contributed by atoms with Crippen LogP contribution in [0.15, 0.2) is 26.9 Å². The molecule has 0 saturated carbocycles. The van der Waals surface area contributed by atoms with E-state index in [1.54, 1.807) is 32.9 Å². The second-order valence-corrected chi connectivity index (χ2v) is 9.41. The van der Waals surface area contributed by atoms with Crippen molar-refractivity contribution >= 4 is 44.6 Å². The van der Waals surface area contributed by atoms with E-state index in [1.807, 2.05) is 0 Å². The number of aryl methyl sites for hydroxylation is 3. The Kier molecular flexibility index (Phi) is 6.01. The summed E-state index contributed by atoms with van der Waals surface area (Å²) in [5.41, 5.74) is 3.31. The summed E-state index contributed by atoms with van der Waals surface area (Å²) in [4.78, 5) is 12.5. The van der Waals surface area contributed by atoms with E-state index in [-0.39, 0.29) is 32.5 Å². The molecule has 0 aliphatic carbocycles. The number of aromatic nitrogens is 1. The van der Waals surface area contributed by atoms with Gasteiger partial charge in [-0.3, -0.25) is 4.79 Å². The third-order valence-corrected chi connectivity index (χ3v) is 6.93. The third kappa shape index (κ3) is 4.11. The molecule has 0 aliphatic heterocycles. The number of nitrogens with two attached hydrogens (primary N) is 1. The Hall–Kier alpha value is -2.71. The number of sulfonamides is 1. The Morgan fingerprint density at radius 1 is 1.33 bits per heavy atom. The molecule has 30 heavy (non-hydrogen) atoms. The van der Waals surface area contributed by atoms with Crippen molar-refractivity contribution in [1.82, 2.24) is 5.16 Å². The maximum atomic E-state index is 13.0. The van der Waals surface area contributed by atoms with Gasteiger partial charge in [0.1, 0.15) is 14.8 Å². The minimum absolute atomic E-state index is 0.0294. The number of halogens is 1. The molecule has 3 aromatic rings. The van der Waals surface area contributed by atoms with Crippen LogP contribution in [-0.2, 0) is 16.4 Å². The van der Waals surface area contributed by atoms with Crippen LogP contribution in [0.2, 0.25) is 5.02 Å². The number of carbonyl (C=O) groups excluding carboxylic acids is 1. The molecule has 0 atom stereocenters. The fourth-order valence-corrected chi connectivity index (χ4v) is 5.47. The first-order valence-electron chi connectivity index (χ1n) is 8.59. The second-order valence-electron chi connectivity index (χ2n) is 6.66. The Bertz CT molecular complexity index is 1280. The van der Waals surface area contributed by atoms with E-state index < -0.39 is 15.9 Å². The van der Waals surface area contributed by atoms with Gasteiger partial charge in [-0.1, -0.05) is 28.9 Å². The van der Waals surface area contributed by atoms with E-state index in [0.717, 1.165) is 28.0 Å². The Labute approximate surface area is 182 Å². The molecular formula is C19H17ClN4O4S2. The molecule has 2 aromatic heterocycles. The molecular weight excluding hydrogens is 448 g/mol. The minimum Gasteiger partial charge on any atom is -0.354 e. The van der Waals surface area contributed by atoms with E-state index in [0.29, 0.717) is 11.4 Å². The molecule has 156 valence electrons. The van der Waals surface area contributed by atoms with E-state index in [9.17, 15) is 13.2 Å². The number of benzene rings is 1. The molecule has 2 heterocycles. The number of hydrogen-bond acceptors (Lipinski definition) is 7. The summed E-state index contributed by atoms with van der Waals surface area (Å²) in [5.74, 6) is -0.608. The van der Waals surface area contributed by atoms with Gasteiger partial charge in [-0.25, -0.2) is 13.6 Å². The third-order valence-electron chi connectivity index (χ3n) is 4.39. The summed E-state index contributed by atoms with van der Waals surface area (Å²) in [6.07, 6.45) is 0.247. The number of nitrogens with zero attached hydrogens (tertiary/aromatic N) is 2. The van der Waals surface area contributed by atoms with Gasteiger partial charge in [0, 0.05) is 11.1 Å². The van der Waals surface area contributed by atoms with Gasteiger partial charge in [0.05, 0.1) is 23.7 Å². The smallest absolute Gasteiger partial charge is 0.267 e. The monoisotopic (exact) mass is 464 g/mol. The average Bonchev–Trinajstić information content (AvgIpc) is 3.22. The van der Waals surface area contributed by atoms with Crippen LogP contribution < -0.4 is 10.5 Å². The van der Waals surface area contributed by atoms with Gasteiger partial charge in [-0.2, -0.15) is 5.26 Å². The van der Waals surface area contributed by atoms with Crippen molar-refractivity contribution in [3.63, 3.8) is 0 Å². The standard InChI is InChI=1S/C19H17ClN4O4S2/c1-9-6-12(4-5-21)7-10(2)15(9)23-19(25)17-18(30(22,26)27)13(8-29-17)16-14(20)11(3)24-28-16/h6-8H,4H2,1-3H3,(H,23,25)(H2,22,26,27). The summed E-state index contributed by atoms with van der Waals surface area (Å²) < 4.78 is 29.8. The lowest BCUT2D eigenvalue weighted by Crippen LogP contribution is -2.20.